The molecule has 1 unspecified atom stereocenters. The molecule has 0 saturated heterocycles. The molecule has 0 amide bonds. The lowest BCUT2D eigenvalue weighted by Crippen LogP contribution is -2.47. The van der Waals surface area contributed by atoms with Crippen LogP contribution in [0.15, 0.2) is 10.2 Å². The van der Waals surface area contributed by atoms with Gasteiger partial charge >= 0.3 is 12.1 Å². The van der Waals surface area contributed by atoms with Gasteiger partial charge in [-0.1, -0.05) is 6.92 Å². The highest BCUT2D eigenvalue weighted by molar-refractivity contribution is 6.24. The zero-order chi connectivity index (χ0) is 13.4. The highest BCUT2D eigenvalue weighted by Crippen LogP contribution is 2.48. The topological polar surface area (TPSA) is 35.5 Å². The van der Waals surface area contributed by atoms with Crippen molar-refractivity contribution in [2.75, 3.05) is 6.61 Å². The first-order valence-electron chi connectivity index (χ1n) is 5.07. The summed E-state index contributed by atoms with van der Waals surface area (Å²) in [7, 11) is 0. The lowest BCUT2D eigenvalue weighted by atomic mass is 9.91. The molecule has 0 bridgehead atoms. The Hall–Kier alpha value is -0.668. The van der Waals surface area contributed by atoms with Crippen LogP contribution in [-0.2, 0) is 14.3 Å². The summed E-state index contributed by atoms with van der Waals surface area (Å²) in [4.78, 5) is 11.4. The molecule has 0 saturated carbocycles. The van der Waals surface area contributed by atoms with E-state index in [1.165, 1.54) is 6.92 Å². The molecular formula is C10H12AlF3O3. The number of alkyl halides is 3. The van der Waals surface area contributed by atoms with Crippen LogP contribution in [0.1, 0.15) is 20.8 Å². The Morgan fingerprint density at radius 1 is 1.59 bits per heavy atom. The van der Waals surface area contributed by atoms with E-state index in [4.69, 9.17) is 4.74 Å². The van der Waals surface area contributed by atoms with E-state index in [9.17, 15) is 18.0 Å². The predicted octanol–water partition coefficient (Wildman–Crippen LogP) is 1.92. The molecule has 0 aromatic rings. The van der Waals surface area contributed by atoms with E-state index in [1.54, 1.807) is 6.92 Å². The maximum Gasteiger partial charge on any atom is 0.428 e. The van der Waals surface area contributed by atoms with Crippen LogP contribution in [0.2, 0.25) is 0 Å². The standard InChI is InChI=1S/C10H12F3O3.Al/c1-4-15-8(14)7-5-6(2)9(3,16-7)10(11,12)13;/h6H,4H2,1-3H3;/t6?,9-;/m0./s1. The van der Waals surface area contributed by atoms with Gasteiger partial charge in [0.05, 0.1) is 6.61 Å². The van der Waals surface area contributed by atoms with Crippen LogP contribution in [0.25, 0.3) is 0 Å². The van der Waals surface area contributed by atoms with E-state index in [0.29, 0.717) is 0 Å². The summed E-state index contributed by atoms with van der Waals surface area (Å²) in [6.45, 7) is 3.94. The van der Waals surface area contributed by atoms with Gasteiger partial charge in [-0.3, -0.25) is 0 Å². The number of ether oxygens (including phenoxy) is 2. The smallest absolute Gasteiger partial charge is 0.428 e. The van der Waals surface area contributed by atoms with Gasteiger partial charge < -0.3 is 9.47 Å². The third kappa shape index (κ3) is 2.31. The average molecular weight is 264 g/mol. The number of carbonyl (C=O) groups excluding carboxylic acids is 1. The second-order valence-corrected chi connectivity index (χ2v) is 4.56. The summed E-state index contributed by atoms with van der Waals surface area (Å²) in [5, 5.41) is 0. The van der Waals surface area contributed by atoms with Gasteiger partial charge in [0.1, 0.15) is 0 Å². The Morgan fingerprint density at radius 2 is 2.12 bits per heavy atom. The molecule has 2 radical (unpaired) electrons. The molecule has 0 N–H and O–H groups in total. The molecule has 1 aliphatic heterocycles. The maximum atomic E-state index is 12.9. The van der Waals surface area contributed by atoms with Crippen molar-refractivity contribution in [1.29, 1.82) is 0 Å². The summed E-state index contributed by atoms with van der Waals surface area (Å²) >= 11 is 2.12. The highest BCUT2D eigenvalue weighted by Gasteiger charge is 2.61. The molecule has 7 heteroatoms. The van der Waals surface area contributed by atoms with Crippen LogP contribution >= 0.6 is 0 Å². The molecule has 17 heavy (non-hydrogen) atoms. The largest absolute Gasteiger partial charge is 0.472 e. The van der Waals surface area contributed by atoms with Crippen LogP contribution in [0.3, 0.4) is 0 Å². The number of rotatable bonds is 2. The minimum absolute atomic E-state index is 0.0841. The molecule has 0 aromatic carbocycles. The van der Waals surface area contributed by atoms with Gasteiger partial charge in [-0.2, -0.15) is 13.2 Å². The van der Waals surface area contributed by atoms with Gasteiger partial charge in [0.2, 0.25) is 5.60 Å². The van der Waals surface area contributed by atoms with Gasteiger partial charge in [0, 0.05) is 5.92 Å². The minimum atomic E-state index is -4.55. The Bertz CT molecular complexity index is 364. The Balaban J connectivity index is 3.03. The first-order chi connectivity index (χ1) is 7.65. The van der Waals surface area contributed by atoms with Crippen LogP contribution in [0.4, 0.5) is 13.2 Å². The monoisotopic (exact) mass is 264 g/mol. The van der Waals surface area contributed by atoms with E-state index < -0.39 is 23.7 Å². The van der Waals surface area contributed by atoms with E-state index in [-0.39, 0.29) is 16.8 Å². The molecule has 1 heterocycles. The zero-order valence-corrected chi connectivity index (χ0v) is 10.9. The van der Waals surface area contributed by atoms with Crippen LogP contribution < -0.4 is 0 Å². The Morgan fingerprint density at radius 3 is 2.47 bits per heavy atom. The van der Waals surface area contributed by atoms with E-state index >= 15 is 0 Å². The molecule has 1 aliphatic rings. The summed E-state index contributed by atoms with van der Waals surface area (Å²) in [5.74, 6) is -2.17. The molecule has 94 valence electrons. The summed E-state index contributed by atoms with van der Waals surface area (Å²) in [6, 6.07) is 0. The van der Waals surface area contributed by atoms with Crippen molar-refractivity contribution < 1.29 is 27.4 Å². The van der Waals surface area contributed by atoms with Crippen molar-refractivity contribution in [3.8, 4) is 0 Å². The summed E-state index contributed by atoms with van der Waals surface area (Å²) in [5.41, 5.74) is -2.38. The molecule has 1 rings (SSSR count). The van der Waals surface area contributed by atoms with Gasteiger partial charge in [-0.25, -0.2) is 4.79 Å². The predicted molar refractivity (Wildman–Crippen MR) is 54.1 cm³/mol. The first kappa shape index (κ1) is 14.4. The second-order valence-electron chi connectivity index (χ2n) is 3.93. The van der Waals surface area contributed by atoms with Crippen molar-refractivity contribution in [2.45, 2.75) is 32.5 Å². The van der Waals surface area contributed by atoms with Crippen molar-refractivity contribution in [2.24, 2.45) is 5.92 Å². The van der Waals surface area contributed by atoms with E-state index in [2.05, 4.69) is 21.0 Å². The van der Waals surface area contributed by atoms with Crippen molar-refractivity contribution in [1.82, 2.24) is 0 Å². The van der Waals surface area contributed by atoms with Gasteiger partial charge in [0.15, 0.2) is 22.0 Å². The third-order valence-corrected chi connectivity index (χ3v) is 3.65. The Kier molecular flexibility index (Phi) is 3.85. The highest BCUT2D eigenvalue weighted by atomic mass is 27.0. The molecule has 0 fully saturated rings. The summed E-state index contributed by atoms with van der Waals surface area (Å²) in [6.07, 6.45) is -4.55. The molecule has 2 atom stereocenters. The van der Waals surface area contributed by atoms with Crippen molar-refractivity contribution in [3.05, 3.63) is 10.2 Å². The molecule has 0 aliphatic carbocycles. The summed E-state index contributed by atoms with van der Waals surface area (Å²) < 4.78 is 48.3. The normalized spacial score (nSPS) is 29.2. The number of esters is 1. The zero-order valence-electron chi connectivity index (χ0n) is 9.72. The fraction of sp³-hybridized carbons (Fsp3) is 0.700. The molecule has 0 aromatic heterocycles. The number of hydrogen-bond acceptors (Lipinski definition) is 3. The average Bonchev–Trinajstić information content (AvgIpc) is 2.43. The maximum absolute atomic E-state index is 12.9. The van der Waals surface area contributed by atoms with Crippen molar-refractivity contribution in [3.63, 3.8) is 0 Å². The van der Waals surface area contributed by atoms with Crippen LogP contribution in [-0.4, -0.2) is 40.6 Å². The lowest BCUT2D eigenvalue weighted by Gasteiger charge is -2.32. The van der Waals surface area contributed by atoms with Crippen LogP contribution in [0.5, 0.6) is 0 Å². The third-order valence-electron chi connectivity index (χ3n) is 2.89. The number of halogens is 3. The van der Waals surface area contributed by atoms with E-state index in [1.807, 2.05) is 0 Å². The Labute approximate surface area is 105 Å². The van der Waals surface area contributed by atoms with Crippen LogP contribution in [0, 0.1) is 5.92 Å². The fourth-order valence-corrected chi connectivity index (χ4v) is 2.01. The lowest BCUT2D eigenvalue weighted by molar-refractivity contribution is -0.263. The van der Waals surface area contributed by atoms with Gasteiger partial charge in [-0.15, -0.1) is 4.44 Å². The molecular weight excluding hydrogens is 252 g/mol. The quantitative estimate of drug-likeness (QED) is 0.564. The fourth-order valence-electron chi connectivity index (χ4n) is 1.51. The van der Waals surface area contributed by atoms with Gasteiger partial charge in [-0.05, 0) is 13.8 Å². The number of hydrogen-bond donors (Lipinski definition) is 0. The molecule has 3 nitrogen and oxygen atoms in total. The van der Waals surface area contributed by atoms with Crippen molar-refractivity contribution >= 4 is 22.3 Å². The number of carbonyl (C=O) groups is 1. The first-order valence-corrected chi connectivity index (χ1v) is 5.65. The van der Waals surface area contributed by atoms with Gasteiger partial charge in [0.25, 0.3) is 0 Å². The second kappa shape index (κ2) is 4.54. The SMILES string of the molecule is CCOC(=O)C1=[C]([Al])C(C)[C@@](C)(C(F)(F)F)O1. The van der Waals surface area contributed by atoms with E-state index in [0.717, 1.165) is 6.92 Å². The molecule has 0 spiro atoms. The minimum Gasteiger partial charge on any atom is -0.472 e.